The summed E-state index contributed by atoms with van der Waals surface area (Å²) in [5.41, 5.74) is 1.24. The summed E-state index contributed by atoms with van der Waals surface area (Å²) < 4.78 is 1.97. The van der Waals surface area contributed by atoms with Gasteiger partial charge in [-0.3, -0.25) is 4.68 Å². The van der Waals surface area contributed by atoms with Crippen LogP contribution in [0.15, 0.2) is 12.4 Å². The van der Waals surface area contributed by atoms with Crippen LogP contribution in [0.1, 0.15) is 31.4 Å². The zero-order valence-electron chi connectivity index (χ0n) is 9.35. The zero-order valence-corrected chi connectivity index (χ0v) is 9.35. The molecule has 2 heterocycles. The number of hydrogen-bond donors (Lipinski definition) is 2. The first kappa shape index (κ1) is 10.6. The summed E-state index contributed by atoms with van der Waals surface area (Å²) in [6, 6.07) is 0.403. The Morgan fingerprint density at radius 3 is 3.00 bits per heavy atom. The molecule has 0 spiro atoms. The third kappa shape index (κ3) is 2.06. The van der Waals surface area contributed by atoms with Gasteiger partial charge in [-0.15, -0.1) is 0 Å². The molecular formula is C11H19N3O. The van der Waals surface area contributed by atoms with E-state index in [-0.39, 0.29) is 6.61 Å². The summed E-state index contributed by atoms with van der Waals surface area (Å²) in [4.78, 5) is 0. The summed E-state index contributed by atoms with van der Waals surface area (Å²) >= 11 is 0. The molecule has 1 fully saturated rings. The van der Waals surface area contributed by atoms with Crippen molar-refractivity contribution in [3.63, 3.8) is 0 Å². The van der Waals surface area contributed by atoms with Gasteiger partial charge in [-0.1, -0.05) is 0 Å². The average molecular weight is 209 g/mol. The monoisotopic (exact) mass is 209 g/mol. The highest BCUT2D eigenvalue weighted by Crippen LogP contribution is 2.27. The standard InChI is InChI=1S/C11H19N3O/c1-8(2)14-6-9(4-13-14)11-5-12-3-10(11)7-15/h4,6,8,10-12,15H,3,5,7H2,1-2H3/t10-,11+/m0/s1. The van der Waals surface area contributed by atoms with Gasteiger partial charge in [0.2, 0.25) is 0 Å². The van der Waals surface area contributed by atoms with Gasteiger partial charge in [0.25, 0.3) is 0 Å². The van der Waals surface area contributed by atoms with Crippen LogP contribution in [0.5, 0.6) is 0 Å². The fraction of sp³-hybridized carbons (Fsp3) is 0.727. The van der Waals surface area contributed by atoms with Crippen molar-refractivity contribution < 1.29 is 5.11 Å². The highest BCUT2D eigenvalue weighted by Gasteiger charge is 2.28. The van der Waals surface area contributed by atoms with Crippen LogP contribution in [-0.4, -0.2) is 34.6 Å². The van der Waals surface area contributed by atoms with E-state index in [4.69, 9.17) is 0 Å². The van der Waals surface area contributed by atoms with Crippen LogP contribution in [0.3, 0.4) is 0 Å². The van der Waals surface area contributed by atoms with Gasteiger partial charge < -0.3 is 10.4 Å². The van der Waals surface area contributed by atoms with Gasteiger partial charge in [-0.25, -0.2) is 0 Å². The third-order valence-electron chi connectivity index (χ3n) is 3.15. The Labute approximate surface area is 90.3 Å². The van der Waals surface area contributed by atoms with Gasteiger partial charge >= 0.3 is 0 Å². The topological polar surface area (TPSA) is 50.1 Å². The minimum atomic E-state index is 0.254. The molecule has 0 aliphatic carbocycles. The third-order valence-corrected chi connectivity index (χ3v) is 3.15. The molecule has 15 heavy (non-hydrogen) atoms. The Bertz CT molecular complexity index is 321. The molecule has 2 N–H and O–H groups in total. The van der Waals surface area contributed by atoms with Gasteiger partial charge in [0.05, 0.1) is 6.20 Å². The summed E-state index contributed by atoms with van der Waals surface area (Å²) in [6.07, 6.45) is 4.03. The second kappa shape index (κ2) is 4.33. The number of aliphatic hydroxyl groups is 1. The van der Waals surface area contributed by atoms with Gasteiger partial charge in [0, 0.05) is 43.8 Å². The first-order valence-electron chi connectivity index (χ1n) is 5.58. The van der Waals surface area contributed by atoms with E-state index in [1.807, 2.05) is 10.9 Å². The highest BCUT2D eigenvalue weighted by atomic mass is 16.3. The second-order valence-corrected chi connectivity index (χ2v) is 4.55. The molecule has 2 rings (SSSR count). The molecule has 1 aliphatic rings. The van der Waals surface area contributed by atoms with Gasteiger partial charge in [0.1, 0.15) is 0 Å². The number of rotatable bonds is 3. The molecule has 4 heteroatoms. The van der Waals surface area contributed by atoms with Crippen LogP contribution < -0.4 is 5.32 Å². The van der Waals surface area contributed by atoms with E-state index < -0.39 is 0 Å². The minimum absolute atomic E-state index is 0.254. The van der Waals surface area contributed by atoms with Crippen LogP contribution in [0.2, 0.25) is 0 Å². The lowest BCUT2D eigenvalue weighted by Gasteiger charge is -2.13. The van der Waals surface area contributed by atoms with E-state index in [0.717, 1.165) is 13.1 Å². The Kier molecular flexibility index (Phi) is 3.07. The predicted octanol–water partition coefficient (Wildman–Crippen LogP) is 0.759. The van der Waals surface area contributed by atoms with Crippen LogP contribution >= 0.6 is 0 Å². The number of aromatic nitrogens is 2. The maximum atomic E-state index is 9.25. The molecule has 0 aromatic carbocycles. The van der Waals surface area contributed by atoms with Crippen molar-refractivity contribution in [3.05, 3.63) is 18.0 Å². The van der Waals surface area contributed by atoms with Crippen molar-refractivity contribution in [1.29, 1.82) is 0 Å². The quantitative estimate of drug-likeness (QED) is 0.772. The van der Waals surface area contributed by atoms with Crippen molar-refractivity contribution in [2.45, 2.75) is 25.8 Å². The summed E-state index contributed by atoms with van der Waals surface area (Å²) in [7, 11) is 0. The van der Waals surface area contributed by atoms with E-state index in [2.05, 4.69) is 30.5 Å². The fourth-order valence-corrected chi connectivity index (χ4v) is 2.14. The normalized spacial score (nSPS) is 26.4. The first-order chi connectivity index (χ1) is 7.22. The average Bonchev–Trinajstić information content (AvgIpc) is 2.85. The van der Waals surface area contributed by atoms with Gasteiger partial charge in [-0.2, -0.15) is 5.10 Å². The Morgan fingerprint density at radius 2 is 2.40 bits per heavy atom. The lowest BCUT2D eigenvalue weighted by molar-refractivity contribution is 0.226. The van der Waals surface area contributed by atoms with E-state index in [9.17, 15) is 5.11 Å². The summed E-state index contributed by atoms with van der Waals surface area (Å²) in [5, 5.41) is 16.9. The van der Waals surface area contributed by atoms with E-state index in [0.29, 0.717) is 17.9 Å². The molecule has 0 saturated carbocycles. The Hall–Kier alpha value is -0.870. The molecule has 4 nitrogen and oxygen atoms in total. The maximum Gasteiger partial charge on any atom is 0.0525 e. The number of aliphatic hydroxyl groups excluding tert-OH is 1. The molecule has 0 unspecified atom stereocenters. The molecule has 1 aromatic heterocycles. The van der Waals surface area contributed by atoms with E-state index in [1.54, 1.807) is 0 Å². The van der Waals surface area contributed by atoms with Crippen LogP contribution in [0.4, 0.5) is 0 Å². The predicted molar refractivity (Wildman–Crippen MR) is 58.8 cm³/mol. The van der Waals surface area contributed by atoms with Gasteiger partial charge in [0.15, 0.2) is 0 Å². The molecule has 1 saturated heterocycles. The lowest BCUT2D eigenvalue weighted by atomic mass is 9.92. The number of nitrogens with zero attached hydrogens (tertiary/aromatic N) is 2. The number of hydrogen-bond acceptors (Lipinski definition) is 3. The number of nitrogens with one attached hydrogen (secondary N) is 1. The molecule has 2 atom stereocenters. The van der Waals surface area contributed by atoms with Crippen molar-refractivity contribution >= 4 is 0 Å². The summed E-state index contributed by atoms with van der Waals surface area (Å²) in [5.74, 6) is 0.761. The molecular weight excluding hydrogens is 190 g/mol. The highest BCUT2D eigenvalue weighted by molar-refractivity contribution is 5.16. The molecule has 1 aromatic rings. The van der Waals surface area contributed by atoms with Crippen LogP contribution in [0, 0.1) is 5.92 Å². The SMILES string of the molecule is CC(C)n1cc([C@H]2CNC[C@H]2CO)cn1. The van der Waals surface area contributed by atoms with E-state index >= 15 is 0 Å². The van der Waals surface area contributed by atoms with Gasteiger partial charge in [-0.05, 0) is 19.4 Å². The molecule has 1 aliphatic heterocycles. The largest absolute Gasteiger partial charge is 0.396 e. The molecule has 0 amide bonds. The zero-order chi connectivity index (χ0) is 10.8. The Morgan fingerprint density at radius 1 is 1.60 bits per heavy atom. The summed E-state index contributed by atoms with van der Waals surface area (Å²) in [6.45, 7) is 6.36. The molecule has 84 valence electrons. The minimum Gasteiger partial charge on any atom is -0.396 e. The van der Waals surface area contributed by atoms with Crippen LogP contribution in [0.25, 0.3) is 0 Å². The van der Waals surface area contributed by atoms with Crippen molar-refractivity contribution in [3.8, 4) is 0 Å². The van der Waals surface area contributed by atoms with Crippen molar-refractivity contribution in [2.24, 2.45) is 5.92 Å². The van der Waals surface area contributed by atoms with Crippen LogP contribution in [-0.2, 0) is 0 Å². The fourth-order valence-electron chi connectivity index (χ4n) is 2.14. The molecule has 0 radical (unpaired) electrons. The molecule has 0 bridgehead atoms. The lowest BCUT2D eigenvalue weighted by Crippen LogP contribution is -2.14. The smallest absolute Gasteiger partial charge is 0.0525 e. The maximum absolute atomic E-state index is 9.25. The first-order valence-corrected chi connectivity index (χ1v) is 5.58. The Balaban J connectivity index is 2.14. The van der Waals surface area contributed by atoms with E-state index in [1.165, 1.54) is 5.56 Å². The second-order valence-electron chi connectivity index (χ2n) is 4.55. The van der Waals surface area contributed by atoms with Crippen molar-refractivity contribution in [2.75, 3.05) is 19.7 Å². The van der Waals surface area contributed by atoms with Crippen molar-refractivity contribution in [1.82, 2.24) is 15.1 Å².